The molecular weight excluding hydrogens is 801 g/mol. The predicted octanol–water partition coefficient (Wildman–Crippen LogP) is 6.41. The number of carbonyl (C=O) groups is 5. The molecule has 2 bridgehead atoms. The number of halogens is 6. The van der Waals surface area contributed by atoms with Crippen LogP contribution < -0.4 is 4.74 Å². The number of amides is 3. The normalized spacial score (nSPS) is 24.4. The molecule has 0 spiro atoms. The number of rotatable bonds is 9. The van der Waals surface area contributed by atoms with Gasteiger partial charge in [0.25, 0.3) is 29.1 Å². The lowest BCUT2D eigenvalue weighted by Crippen LogP contribution is -2.56. The third kappa shape index (κ3) is 5.35. The van der Waals surface area contributed by atoms with Gasteiger partial charge < -0.3 is 4.74 Å². The Bertz CT molecular complexity index is 2070. The molecule has 262 valence electrons. The average Bonchev–Trinajstić information content (AvgIpc) is 3.49. The SMILES string of the molecule is O=C(CN(C(=O)c1ccc([N+](=O)[O-])cc1)N1C(=O)[C@@H]2[C@@H](C1=O)[C@@]1(Cl)C(Cl)=C(Cl)[C@@]2(Cl)C1(Cl)Cl)c1ccc(OC(=O)c2ccc([N+](=O)[O-])cc2)cc1. The first-order chi connectivity index (χ1) is 23.9. The van der Waals surface area contributed by atoms with Crippen LogP contribution in [0, 0.1) is 32.1 Å². The number of nitro groups is 2. The van der Waals surface area contributed by atoms with Gasteiger partial charge in [-0.1, -0.05) is 46.4 Å². The number of benzene rings is 3. The maximum atomic E-state index is 14.1. The van der Waals surface area contributed by atoms with Gasteiger partial charge in [0.15, 0.2) is 10.1 Å². The zero-order valence-electron chi connectivity index (χ0n) is 24.9. The summed E-state index contributed by atoms with van der Waals surface area (Å²) in [4.78, 5) is 84.5. The molecule has 0 radical (unpaired) electrons. The van der Waals surface area contributed by atoms with Crippen molar-refractivity contribution in [2.45, 2.75) is 14.1 Å². The topological polar surface area (TPSA) is 187 Å². The molecule has 3 aromatic carbocycles. The van der Waals surface area contributed by atoms with E-state index in [-0.39, 0.29) is 43.9 Å². The van der Waals surface area contributed by atoms with Crippen molar-refractivity contribution in [3.05, 3.63) is 120 Å². The second-order valence-electron chi connectivity index (χ2n) is 11.4. The Kier molecular flexibility index (Phi) is 9.10. The molecule has 3 amide bonds. The van der Waals surface area contributed by atoms with Gasteiger partial charge in [-0.05, 0) is 48.5 Å². The highest BCUT2D eigenvalue weighted by molar-refractivity contribution is 6.66. The van der Waals surface area contributed by atoms with Crippen molar-refractivity contribution < 1.29 is 38.6 Å². The molecule has 1 saturated heterocycles. The second-order valence-corrected chi connectivity index (χ2v) is 14.7. The number of hydrogen-bond donors (Lipinski definition) is 0. The number of ketones is 1. The standard InChI is InChI=1S/C31H16Cl6N4O10/c32-23-24(33)30(35)22-21(29(23,34)31(30,36)37)26(44)39(27(22)45)38(25(43)15-1-7-17(8-2-15)40(47)48)13-20(42)14-5-11-19(12-6-14)51-28(46)16-3-9-18(10-4-16)41(49)50/h1-12,21-22H,13H2/t21-,22-,29+,30+/m0/s1. The molecule has 0 aromatic heterocycles. The quantitative estimate of drug-likeness (QED) is 0.0444. The first kappa shape index (κ1) is 36.5. The number of ether oxygens (including phenoxy) is 1. The zero-order chi connectivity index (χ0) is 37.4. The van der Waals surface area contributed by atoms with Crippen LogP contribution in [0.3, 0.4) is 0 Å². The van der Waals surface area contributed by atoms with E-state index < -0.39 is 71.8 Å². The number of hydrogen-bond acceptors (Lipinski definition) is 10. The summed E-state index contributed by atoms with van der Waals surface area (Å²) < 4.78 is 3.00. The van der Waals surface area contributed by atoms with Crippen LogP contribution in [0.4, 0.5) is 11.4 Å². The van der Waals surface area contributed by atoms with Crippen LogP contribution in [0.2, 0.25) is 0 Å². The highest BCUT2D eigenvalue weighted by Crippen LogP contribution is 2.77. The highest BCUT2D eigenvalue weighted by atomic mass is 35.5. The monoisotopic (exact) mass is 814 g/mol. The van der Waals surface area contributed by atoms with Gasteiger partial charge >= 0.3 is 5.97 Å². The molecular formula is C31H16Cl6N4O10. The number of non-ortho nitro benzene ring substituents is 2. The van der Waals surface area contributed by atoms with Crippen molar-refractivity contribution in [3.63, 3.8) is 0 Å². The van der Waals surface area contributed by atoms with Gasteiger partial charge in [-0.3, -0.25) is 39.4 Å². The van der Waals surface area contributed by atoms with Gasteiger partial charge in [0.1, 0.15) is 22.0 Å². The summed E-state index contributed by atoms with van der Waals surface area (Å²) in [6, 6.07) is 13.7. The van der Waals surface area contributed by atoms with Gasteiger partial charge in [0, 0.05) is 35.4 Å². The summed E-state index contributed by atoms with van der Waals surface area (Å²) in [5.74, 6) is -8.33. The largest absolute Gasteiger partial charge is 0.423 e. The molecule has 4 atom stereocenters. The minimum Gasteiger partial charge on any atom is -0.423 e. The van der Waals surface area contributed by atoms with E-state index in [4.69, 9.17) is 74.3 Å². The lowest BCUT2D eigenvalue weighted by Gasteiger charge is -2.36. The Morgan fingerprint density at radius 3 is 1.55 bits per heavy atom. The van der Waals surface area contributed by atoms with Crippen molar-refractivity contribution in [1.29, 1.82) is 0 Å². The van der Waals surface area contributed by atoms with E-state index in [0.717, 1.165) is 36.4 Å². The number of esters is 1. The molecule has 51 heavy (non-hydrogen) atoms. The number of imide groups is 1. The summed E-state index contributed by atoms with van der Waals surface area (Å²) in [6.45, 7) is -0.943. The predicted molar refractivity (Wildman–Crippen MR) is 182 cm³/mol. The number of nitrogens with zero attached hydrogens (tertiary/aromatic N) is 4. The minimum absolute atomic E-state index is 0.00936. The fourth-order valence-electron chi connectivity index (χ4n) is 6.15. The molecule has 1 heterocycles. The summed E-state index contributed by atoms with van der Waals surface area (Å²) in [7, 11) is 0. The van der Waals surface area contributed by atoms with Crippen LogP contribution >= 0.6 is 69.6 Å². The Morgan fingerprint density at radius 2 is 1.12 bits per heavy atom. The molecule has 20 heteroatoms. The number of carbonyl (C=O) groups excluding carboxylic acids is 5. The molecule has 1 aliphatic heterocycles. The Hall–Kier alpha value is -4.31. The van der Waals surface area contributed by atoms with Crippen LogP contribution in [-0.4, -0.2) is 70.0 Å². The molecule has 3 aromatic rings. The van der Waals surface area contributed by atoms with E-state index in [9.17, 15) is 44.2 Å². The summed E-state index contributed by atoms with van der Waals surface area (Å²) in [5, 5.41) is 22.2. The third-order valence-electron chi connectivity index (χ3n) is 8.68. The van der Waals surface area contributed by atoms with Crippen molar-refractivity contribution >= 4 is 110 Å². The van der Waals surface area contributed by atoms with Crippen molar-refractivity contribution in [2.24, 2.45) is 11.8 Å². The number of nitro benzene ring substituents is 2. The average molecular weight is 817 g/mol. The number of fused-ring (bicyclic) bond motifs is 5. The number of allylic oxidation sites excluding steroid dienone is 2. The Balaban J connectivity index is 1.30. The summed E-state index contributed by atoms with van der Waals surface area (Å²) in [6.07, 6.45) is 0. The minimum atomic E-state index is -2.27. The molecule has 6 rings (SSSR count). The molecule has 3 aliphatic rings. The van der Waals surface area contributed by atoms with Crippen molar-refractivity contribution in [2.75, 3.05) is 6.54 Å². The smallest absolute Gasteiger partial charge is 0.343 e. The van der Waals surface area contributed by atoms with Gasteiger partial charge in [-0.15, -0.1) is 23.2 Å². The Labute approximate surface area is 315 Å². The molecule has 1 saturated carbocycles. The van der Waals surface area contributed by atoms with Crippen LogP contribution in [0.1, 0.15) is 31.1 Å². The second kappa shape index (κ2) is 12.7. The van der Waals surface area contributed by atoms with E-state index in [1.165, 1.54) is 36.4 Å². The highest BCUT2D eigenvalue weighted by Gasteiger charge is 2.88. The van der Waals surface area contributed by atoms with E-state index >= 15 is 0 Å². The summed E-state index contributed by atoms with van der Waals surface area (Å²) in [5.41, 5.74) is -0.908. The molecule has 0 unspecified atom stereocenters. The van der Waals surface area contributed by atoms with E-state index in [1.54, 1.807) is 0 Å². The number of alkyl halides is 4. The third-order valence-corrected chi connectivity index (χ3v) is 12.9. The van der Waals surface area contributed by atoms with Crippen molar-refractivity contribution in [3.8, 4) is 5.75 Å². The van der Waals surface area contributed by atoms with Crippen molar-refractivity contribution in [1.82, 2.24) is 10.0 Å². The fraction of sp³-hybridized carbons (Fsp3) is 0.194. The van der Waals surface area contributed by atoms with Crippen LogP contribution in [0.25, 0.3) is 0 Å². The van der Waals surface area contributed by atoms with E-state index in [1.807, 2.05) is 0 Å². The van der Waals surface area contributed by atoms with Gasteiger partial charge in [-0.25, -0.2) is 9.80 Å². The summed E-state index contributed by atoms with van der Waals surface area (Å²) >= 11 is 39.4. The van der Waals surface area contributed by atoms with Crippen LogP contribution in [0.15, 0.2) is 82.9 Å². The Morgan fingerprint density at radius 1 is 0.706 bits per heavy atom. The van der Waals surface area contributed by atoms with Gasteiger partial charge in [0.2, 0.25) is 0 Å². The maximum Gasteiger partial charge on any atom is 0.343 e. The van der Waals surface area contributed by atoms with Crippen LogP contribution in [-0.2, 0) is 9.59 Å². The first-order valence-corrected chi connectivity index (χ1v) is 16.5. The van der Waals surface area contributed by atoms with E-state index in [2.05, 4.69) is 0 Å². The number of hydrazine groups is 1. The molecule has 14 nitrogen and oxygen atoms in total. The van der Waals surface area contributed by atoms with Gasteiger partial charge in [0.05, 0.1) is 37.3 Å². The van der Waals surface area contributed by atoms with E-state index in [0.29, 0.717) is 10.0 Å². The molecule has 0 N–H and O–H groups in total. The zero-order valence-corrected chi connectivity index (χ0v) is 29.5. The lowest BCUT2D eigenvalue weighted by atomic mass is 9.84. The number of Topliss-reactive ketones (excluding diaryl/α,β-unsaturated/α-hetero) is 1. The molecule has 2 fully saturated rings. The lowest BCUT2D eigenvalue weighted by molar-refractivity contribution is -0.385. The van der Waals surface area contributed by atoms with Gasteiger partial charge in [-0.2, -0.15) is 5.01 Å². The molecule has 2 aliphatic carbocycles. The maximum absolute atomic E-state index is 14.1. The van der Waals surface area contributed by atoms with Crippen LogP contribution in [0.5, 0.6) is 5.75 Å². The fourth-order valence-corrected chi connectivity index (χ4v) is 9.08. The first-order valence-electron chi connectivity index (χ1n) is 14.2.